The van der Waals surface area contributed by atoms with Crippen molar-refractivity contribution in [3.8, 4) is 5.75 Å². The number of rotatable bonds is 5. The molecule has 0 radical (unpaired) electrons. The molecule has 3 fully saturated rings. The van der Waals surface area contributed by atoms with Crippen molar-refractivity contribution < 1.29 is 9.53 Å². The Hall–Kier alpha value is -2.53. The normalized spacial score (nSPS) is 23.5. The zero-order valence-electron chi connectivity index (χ0n) is 18.5. The molecule has 2 aromatic carbocycles. The van der Waals surface area contributed by atoms with Crippen LogP contribution >= 0.6 is 0 Å². The van der Waals surface area contributed by atoms with Crippen molar-refractivity contribution in [2.45, 2.75) is 37.1 Å². The average Bonchev–Trinajstić information content (AvgIpc) is 3.67. The van der Waals surface area contributed by atoms with Gasteiger partial charge in [-0.1, -0.05) is 30.3 Å². The fourth-order valence-electron chi connectivity index (χ4n) is 5.39. The molecule has 1 amide bonds. The Labute approximate surface area is 185 Å². The summed E-state index contributed by atoms with van der Waals surface area (Å²) in [6.07, 6.45) is 4.31. The van der Waals surface area contributed by atoms with Crippen LogP contribution in [-0.2, 0) is 10.2 Å². The lowest BCUT2D eigenvalue weighted by atomic mass is 9.92. The van der Waals surface area contributed by atoms with Crippen molar-refractivity contribution in [3.63, 3.8) is 0 Å². The Bertz CT molecular complexity index is 887. The molecule has 2 aromatic rings. The van der Waals surface area contributed by atoms with Crippen molar-refractivity contribution in [3.05, 3.63) is 60.2 Å². The molecule has 5 nitrogen and oxygen atoms in total. The highest BCUT2D eigenvalue weighted by Gasteiger charge is 2.53. The first kappa shape index (κ1) is 20.4. The maximum Gasteiger partial charge on any atom is 0.233 e. The second-order valence-corrected chi connectivity index (χ2v) is 9.22. The predicted octanol–water partition coefficient (Wildman–Crippen LogP) is 3.54. The number of amides is 1. The topological polar surface area (TPSA) is 36.0 Å². The largest absolute Gasteiger partial charge is 0.497 e. The van der Waals surface area contributed by atoms with Gasteiger partial charge in [-0.2, -0.15) is 0 Å². The first-order valence-electron chi connectivity index (χ1n) is 11.7. The highest BCUT2D eigenvalue weighted by molar-refractivity contribution is 5.91. The lowest BCUT2D eigenvalue weighted by Gasteiger charge is -2.44. The van der Waals surface area contributed by atoms with E-state index < -0.39 is 0 Å². The van der Waals surface area contributed by atoms with Gasteiger partial charge in [0.05, 0.1) is 12.5 Å². The molecule has 164 valence electrons. The molecular weight excluding hydrogens is 386 g/mol. The second-order valence-electron chi connectivity index (χ2n) is 9.22. The molecule has 5 rings (SSSR count). The Morgan fingerprint density at radius 1 is 0.935 bits per heavy atom. The van der Waals surface area contributed by atoms with Crippen LogP contribution in [0.15, 0.2) is 54.6 Å². The van der Waals surface area contributed by atoms with Gasteiger partial charge in [0, 0.05) is 51.0 Å². The third-order valence-corrected chi connectivity index (χ3v) is 7.44. The molecule has 0 N–H and O–H groups in total. The Balaban J connectivity index is 1.19. The molecule has 0 bridgehead atoms. The van der Waals surface area contributed by atoms with Gasteiger partial charge in [0.2, 0.25) is 5.91 Å². The van der Waals surface area contributed by atoms with E-state index in [-0.39, 0.29) is 5.41 Å². The van der Waals surface area contributed by atoms with E-state index >= 15 is 0 Å². The molecule has 1 saturated carbocycles. The summed E-state index contributed by atoms with van der Waals surface area (Å²) in [5.41, 5.74) is 2.23. The van der Waals surface area contributed by atoms with Gasteiger partial charge < -0.3 is 14.5 Å². The number of likely N-dealkylation sites (tertiary alicyclic amines) is 1. The lowest BCUT2D eigenvalue weighted by Crippen LogP contribution is -2.56. The van der Waals surface area contributed by atoms with Gasteiger partial charge >= 0.3 is 0 Å². The summed E-state index contributed by atoms with van der Waals surface area (Å²) in [4.78, 5) is 20.7. The Morgan fingerprint density at radius 2 is 1.65 bits per heavy atom. The smallest absolute Gasteiger partial charge is 0.233 e. The first-order chi connectivity index (χ1) is 15.2. The van der Waals surface area contributed by atoms with Crippen molar-refractivity contribution >= 4 is 11.6 Å². The number of nitrogens with zero attached hydrogens (tertiary/aromatic N) is 3. The SMILES string of the molecule is COc1ccc(N2CCN([C@@H]3CCCN(C(=O)C4(c5ccccc5)CC4)C3)CC2)cc1. The van der Waals surface area contributed by atoms with Crippen molar-refractivity contribution in [2.24, 2.45) is 0 Å². The number of benzene rings is 2. The minimum atomic E-state index is -0.240. The molecule has 0 unspecified atom stereocenters. The zero-order valence-corrected chi connectivity index (χ0v) is 18.5. The zero-order chi connectivity index (χ0) is 21.3. The minimum absolute atomic E-state index is 0.240. The van der Waals surface area contributed by atoms with Crippen LogP contribution in [0.3, 0.4) is 0 Å². The van der Waals surface area contributed by atoms with Gasteiger partial charge in [0.1, 0.15) is 5.75 Å². The Kier molecular flexibility index (Phi) is 5.61. The van der Waals surface area contributed by atoms with Crippen LogP contribution in [0, 0.1) is 0 Å². The van der Waals surface area contributed by atoms with E-state index in [4.69, 9.17) is 4.74 Å². The highest BCUT2D eigenvalue weighted by Crippen LogP contribution is 2.49. The van der Waals surface area contributed by atoms with Gasteiger partial charge in [-0.25, -0.2) is 0 Å². The van der Waals surface area contributed by atoms with E-state index in [0.29, 0.717) is 11.9 Å². The molecular formula is C26H33N3O2. The maximum absolute atomic E-state index is 13.5. The monoisotopic (exact) mass is 419 g/mol. The summed E-state index contributed by atoms with van der Waals surface area (Å²) in [5, 5.41) is 0. The molecule has 0 aromatic heterocycles. The van der Waals surface area contributed by atoms with Gasteiger partial charge in [-0.3, -0.25) is 9.69 Å². The summed E-state index contributed by atoms with van der Waals surface area (Å²) in [5.74, 6) is 1.26. The number of hydrogen-bond donors (Lipinski definition) is 0. The van der Waals surface area contributed by atoms with Gasteiger partial charge in [-0.05, 0) is 55.5 Å². The number of ether oxygens (including phenoxy) is 1. The molecule has 2 aliphatic heterocycles. The first-order valence-corrected chi connectivity index (χ1v) is 11.7. The fraction of sp³-hybridized carbons (Fsp3) is 0.500. The van der Waals surface area contributed by atoms with Gasteiger partial charge in [-0.15, -0.1) is 0 Å². The van der Waals surface area contributed by atoms with Gasteiger partial charge in [0.25, 0.3) is 0 Å². The minimum Gasteiger partial charge on any atom is -0.497 e. The maximum atomic E-state index is 13.5. The lowest BCUT2D eigenvalue weighted by molar-refractivity contribution is -0.136. The van der Waals surface area contributed by atoms with Crippen LogP contribution in [-0.4, -0.2) is 68.1 Å². The predicted molar refractivity (Wildman–Crippen MR) is 124 cm³/mol. The van der Waals surface area contributed by atoms with Crippen LogP contribution in [0.5, 0.6) is 5.75 Å². The molecule has 0 spiro atoms. The van der Waals surface area contributed by atoms with E-state index in [1.807, 2.05) is 18.2 Å². The molecule has 1 aliphatic carbocycles. The molecule has 31 heavy (non-hydrogen) atoms. The van der Waals surface area contributed by atoms with E-state index in [9.17, 15) is 4.79 Å². The summed E-state index contributed by atoms with van der Waals surface area (Å²) in [7, 11) is 1.71. The summed E-state index contributed by atoms with van der Waals surface area (Å²) in [6.45, 7) is 5.98. The van der Waals surface area contributed by atoms with Gasteiger partial charge in [0.15, 0.2) is 0 Å². The summed E-state index contributed by atoms with van der Waals surface area (Å²) >= 11 is 0. The van der Waals surface area contributed by atoms with Crippen LogP contribution in [0.1, 0.15) is 31.2 Å². The van der Waals surface area contributed by atoms with E-state index in [1.165, 1.54) is 17.7 Å². The van der Waals surface area contributed by atoms with E-state index in [2.05, 4.69) is 51.1 Å². The number of piperazine rings is 1. The van der Waals surface area contributed by atoms with Crippen molar-refractivity contribution in [2.75, 3.05) is 51.3 Å². The molecule has 3 aliphatic rings. The fourth-order valence-corrected chi connectivity index (χ4v) is 5.39. The number of methoxy groups -OCH3 is 1. The van der Waals surface area contributed by atoms with E-state index in [1.54, 1.807) is 7.11 Å². The van der Waals surface area contributed by atoms with Crippen molar-refractivity contribution in [1.82, 2.24) is 9.80 Å². The molecule has 2 saturated heterocycles. The highest BCUT2D eigenvalue weighted by atomic mass is 16.5. The summed E-state index contributed by atoms with van der Waals surface area (Å²) in [6, 6.07) is 19.3. The van der Waals surface area contributed by atoms with Crippen LogP contribution in [0.4, 0.5) is 5.69 Å². The molecule has 1 atom stereocenters. The third-order valence-electron chi connectivity index (χ3n) is 7.44. The number of hydrogen-bond acceptors (Lipinski definition) is 4. The van der Waals surface area contributed by atoms with Crippen LogP contribution < -0.4 is 9.64 Å². The standard InChI is InChI=1S/C26H33N3O2/c1-31-24-11-9-22(10-12-24)27-16-18-28(19-17-27)23-8-5-15-29(20-23)25(30)26(13-14-26)21-6-3-2-4-7-21/h2-4,6-7,9-12,23H,5,8,13-20H2,1H3/t23-/m1/s1. The number of carbonyl (C=O) groups excluding carboxylic acids is 1. The number of piperidine rings is 1. The summed E-state index contributed by atoms with van der Waals surface area (Å²) < 4.78 is 5.28. The third kappa shape index (κ3) is 4.03. The van der Waals surface area contributed by atoms with Crippen molar-refractivity contribution in [1.29, 1.82) is 0 Å². The second kappa shape index (κ2) is 8.54. The molecule has 2 heterocycles. The average molecular weight is 420 g/mol. The van der Waals surface area contributed by atoms with E-state index in [0.717, 1.165) is 64.3 Å². The number of anilines is 1. The number of carbonyl (C=O) groups is 1. The van der Waals surface area contributed by atoms with Crippen LogP contribution in [0.2, 0.25) is 0 Å². The Morgan fingerprint density at radius 3 is 2.29 bits per heavy atom. The quantitative estimate of drug-likeness (QED) is 0.743. The molecule has 5 heteroatoms. The van der Waals surface area contributed by atoms with Crippen LogP contribution in [0.25, 0.3) is 0 Å².